The van der Waals surface area contributed by atoms with E-state index in [1.54, 1.807) is 12.3 Å². The molecule has 34 heavy (non-hydrogen) atoms. The first-order valence-electron chi connectivity index (χ1n) is 10.6. The summed E-state index contributed by atoms with van der Waals surface area (Å²) in [5.41, 5.74) is 9.24. The van der Waals surface area contributed by atoms with Gasteiger partial charge in [0.05, 0.1) is 21.1 Å². The smallest absolute Gasteiger partial charge is 0.146 e. The molecule has 3 N–H and O–H groups in total. The van der Waals surface area contributed by atoms with Crippen molar-refractivity contribution in [1.82, 2.24) is 20.2 Å². The van der Waals surface area contributed by atoms with Crippen LogP contribution in [0.5, 0.6) is 5.75 Å². The zero-order valence-corrected chi connectivity index (χ0v) is 20.0. The number of fused-ring (bicyclic) bond motifs is 1. The van der Waals surface area contributed by atoms with E-state index in [-0.39, 0.29) is 5.54 Å². The molecule has 3 aromatic heterocycles. The summed E-state index contributed by atoms with van der Waals surface area (Å²) in [6.45, 7) is 5.17. The highest BCUT2D eigenvalue weighted by Crippen LogP contribution is 2.36. The van der Waals surface area contributed by atoms with Crippen molar-refractivity contribution >= 4 is 39.9 Å². The molecule has 1 aliphatic rings. The molecule has 1 fully saturated rings. The Morgan fingerprint density at radius 3 is 2.62 bits per heavy atom. The van der Waals surface area contributed by atoms with Crippen molar-refractivity contribution in [3.63, 3.8) is 0 Å². The molecule has 0 bridgehead atoms. The van der Waals surface area contributed by atoms with Gasteiger partial charge in [-0.1, -0.05) is 23.2 Å². The number of aromatic nitrogens is 4. The number of pyridine rings is 2. The van der Waals surface area contributed by atoms with Crippen LogP contribution >= 0.6 is 23.2 Å². The van der Waals surface area contributed by atoms with E-state index in [4.69, 9.17) is 33.7 Å². The van der Waals surface area contributed by atoms with Gasteiger partial charge in [-0.05, 0) is 38.1 Å². The molecule has 1 unspecified atom stereocenters. The number of nitriles is 1. The first-order chi connectivity index (χ1) is 16.3. The first-order valence-corrected chi connectivity index (χ1v) is 11.4. The third-order valence-corrected chi connectivity index (χ3v) is 6.41. The van der Waals surface area contributed by atoms with Gasteiger partial charge in [-0.25, -0.2) is 4.98 Å². The highest BCUT2D eigenvalue weighted by molar-refractivity contribution is 6.35. The number of H-pyrrole nitrogens is 1. The second kappa shape index (κ2) is 8.44. The summed E-state index contributed by atoms with van der Waals surface area (Å²) < 4.78 is 6.14. The normalized spacial score (nSPS) is 15.6. The lowest BCUT2D eigenvalue weighted by atomic mass is 9.93. The van der Waals surface area contributed by atoms with Gasteiger partial charge in [0.2, 0.25) is 0 Å². The molecule has 5 rings (SSSR count). The fourth-order valence-electron chi connectivity index (χ4n) is 4.26. The Balaban J connectivity index is 1.46. The van der Waals surface area contributed by atoms with E-state index in [0.29, 0.717) is 51.5 Å². The van der Waals surface area contributed by atoms with Crippen LogP contribution in [-0.2, 0) is 0 Å². The summed E-state index contributed by atoms with van der Waals surface area (Å²) >= 11 is 12.6. The summed E-state index contributed by atoms with van der Waals surface area (Å²) in [5, 5.41) is 18.9. The number of hydrogen-bond acceptors (Lipinski definition) is 7. The average molecular weight is 494 g/mol. The number of nitrogens with two attached hydrogens (primary N) is 1. The molecule has 0 amide bonds. The van der Waals surface area contributed by atoms with Crippen LogP contribution in [0.4, 0.5) is 5.82 Å². The predicted molar refractivity (Wildman–Crippen MR) is 132 cm³/mol. The number of rotatable bonds is 5. The molecule has 1 saturated heterocycles. The van der Waals surface area contributed by atoms with Crippen LogP contribution in [0, 0.1) is 11.3 Å². The molecule has 4 heterocycles. The molecule has 1 aromatic carbocycles. The van der Waals surface area contributed by atoms with Gasteiger partial charge in [-0.3, -0.25) is 10.1 Å². The summed E-state index contributed by atoms with van der Waals surface area (Å²) in [7, 11) is 0. The lowest BCUT2D eigenvalue weighted by Crippen LogP contribution is -2.66. The Kier molecular flexibility index (Phi) is 5.56. The molecule has 0 saturated carbocycles. The lowest BCUT2D eigenvalue weighted by Gasteiger charge is -2.46. The maximum Gasteiger partial charge on any atom is 0.146 e. The van der Waals surface area contributed by atoms with Crippen LogP contribution in [0.1, 0.15) is 31.1 Å². The largest absolute Gasteiger partial charge is 0.486 e. The number of aromatic amines is 1. The van der Waals surface area contributed by atoms with Gasteiger partial charge in [0.15, 0.2) is 0 Å². The van der Waals surface area contributed by atoms with E-state index in [2.05, 4.69) is 26.2 Å². The van der Waals surface area contributed by atoms with Gasteiger partial charge in [0.1, 0.15) is 29.4 Å². The van der Waals surface area contributed by atoms with Gasteiger partial charge in [-0.2, -0.15) is 10.4 Å². The predicted octanol–water partition coefficient (Wildman–Crippen LogP) is 4.88. The zero-order chi connectivity index (χ0) is 24.0. The molecule has 0 aliphatic carbocycles. The van der Waals surface area contributed by atoms with Gasteiger partial charge in [-0.15, -0.1) is 0 Å². The summed E-state index contributed by atoms with van der Waals surface area (Å²) in [6, 6.07) is 9.68. The fourth-order valence-corrected chi connectivity index (χ4v) is 4.93. The van der Waals surface area contributed by atoms with Crippen LogP contribution in [0.15, 0.2) is 42.9 Å². The average Bonchev–Trinajstić information content (AvgIpc) is 3.20. The number of hydrogen-bond donors (Lipinski definition) is 2. The standard InChI is InChI=1S/C24H21Cl2N7O/c1-13(21-18(25)9-29-10-19(21)26)34-16-3-4-20-17(6-16)22(32-31-20)15-5-14(7-27)23(30-8-15)33-11-24(2,28)12-33/h3-6,8-10,13H,11-12,28H2,1-2H3,(H,31,32). The van der Waals surface area contributed by atoms with Crippen LogP contribution in [0.25, 0.3) is 22.2 Å². The van der Waals surface area contributed by atoms with Crippen molar-refractivity contribution < 1.29 is 4.74 Å². The van der Waals surface area contributed by atoms with Gasteiger partial charge < -0.3 is 15.4 Å². The number of halogens is 2. The maximum atomic E-state index is 9.73. The highest BCUT2D eigenvalue weighted by atomic mass is 35.5. The van der Waals surface area contributed by atoms with E-state index < -0.39 is 6.10 Å². The van der Waals surface area contributed by atoms with Crippen molar-refractivity contribution in [2.75, 3.05) is 18.0 Å². The summed E-state index contributed by atoms with van der Waals surface area (Å²) in [4.78, 5) is 10.6. The number of anilines is 1. The Morgan fingerprint density at radius 1 is 1.21 bits per heavy atom. The van der Waals surface area contributed by atoms with Crippen LogP contribution in [0.3, 0.4) is 0 Å². The van der Waals surface area contributed by atoms with Gasteiger partial charge >= 0.3 is 0 Å². The SMILES string of the molecule is CC(Oc1ccc2[nH]nc(-c3cnc(N4CC(C)(N)C4)c(C#N)c3)c2c1)c1c(Cl)cncc1Cl. The van der Waals surface area contributed by atoms with Crippen molar-refractivity contribution in [2.45, 2.75) is 25.5 Å². The third kappa shape index (κ3) is 4.03. The summed E-state index contributed by atoms with van der Waals surface area (Å²) in [6.07, 6.45) is 4.41. The Labute approximate surface area is 206 Å². The molecular weight excluding hydrogens is 473 g/mol. The minimum absolute atomic E-state index is 0.260. The van der Waals surface area contributed by atoms with Crippen molar-refractivity contribution in [2.24, 2.45) is 5.73 Å². The Bertz CT molecular complexity index is 1420. The van der Waals surface area contributed by atoms with Gasteiger partial charge in [0.25, 0.3) is 0 Å². The molecule has 1 atom stereocenters. The second-order valence-electron chi connectivity index (χ2n) is 8.77. The van der Waals surface area contributed by atoms with E-state index in [0.717, 1.165) is 16.5 Å². The molecule has 0 spiro atoms. The highest BCUT2D eigenvalue weighted by Gasteiger charge is 2.36. The van der Waals surface area contributed by atoms with E-state index >= 15 is 0 Å². The molecule has 8 nitrogen and oxygen atoms in total. The Hall–Kier alpha value is -3.38. The molecule has 10 heteroatoms. The molecular formula is C24H21Cl2N7O. The molecule has 4 aromatic rings. The molecule has 1 aliphatic heterocycles. The summed E-state index contributed by atoms with van der Waals surface area (Å²) in [5.74, 6) is 1.26. The minimum atomic E-state index is -0.397. The van der Waals surface area contributed by atoms with Gasteiger partial charge in [0, 0.05) is 53.7 Å². The maximum absolute atomic E-state index is 9.73. The second-order valence-corrected chi connectivity index (χ2v) is 9.59. The van der Waals surface area contributed by atoms with E-state index in [1.807, 2.05) is 36.9 Å². The van der Waals surface area contributed by atoms with E-state index in [1.165, 1.54) is 12.4 Å². The molecule has 0 radical (unpaired) electrons. The molecule has 172 valence electrons. The van der Waals surface area contributed by atoms with E-state index in [9.17, 15) is 5.26 Å². The quantitative estimate of drug-likeness (QED) is 0.406. The number of benzene rings is 1. The fraction of sp³-hybridized carbons (Fsp3) is 0.250. The number of nitrogens with zero attached hydrogens (tertiary/aromatic N) is 5. The number of nitrogens with one attached hydrogen (secondary N) is 1. The van der Waals surface area contributed by atoms with Crippen LogP contribution < -0.4 is 15.4 Å². The van der Waals surface area contributed by atoms with Crippen molar-refractivity contribution in [3.05, 3.63) is 64.0 Å². The minimum Gasteiger partial charge on any atom is -0.486 e. The monoisotopic (exact) mass is 493 g/mol. The van der Waals surface area contributed by atoms with Crippen molar-refractivity contribution in [3.8, 4) is 23.1 Å². The van der Waals surface area contributed by atoms with Crippen LogP contribution in [0.2, 0.25) is 10.0 Å². The Morgan fingerprint density at radius 2 is 1.94 bits per heavy atom. The number of ether oxygens (including phenoxy) is 1. The van der Waals surface area contributed by atoms with Crippen molar-refractivity contribution in [1.29, 1.82) is 5.26 Å². The third-order valence-electron chi connectivity index (χ3n) is 5.81. The lowest BCUT2D eigenvalue weighted by molar-refractivity contribution is 0.227. The first kappa shape index (κ1) is 22.4. The zero-order valence-electron chi connectivity index (χ0n) is 18.5. The topological polar surface area (TPSA) is 117 Å². The van der Waals surface area contributed by atoms with Crippen LogP contribution in [-0.4, -0.2) is 38.8 Å².